The fourth-order valence-electron chi connectivity index (χ4n) is 4.15. The van der Waals surface area contributed by atoms with E-state index in [2.05, 4.69) is 22.4 Å². The average Bonchev–Trinajstić information content (AvgIpc) is 3.49. The van der Waals surface area contributed by atoms with Crippen molar-refractivity contribution in [1.29, 1.82) is 0 Å². The van der Waals surface area contributed by atoms with E-state index >= 15 is 0 Å². The maximum absolute atomic E-state index is 12.8. The van der Waals surface area contributed by atoms with Gasteiger partial charge in [-0.25, -0.2) is 5.01 Å². The van der Waals surface area contributed by atoms with Crippen molar-refractivity contribution in [2.24, 2.45) is 10.1 Å². The molecule has 0 fully saturated rings. The topological polar surface area (TPSA) is 83.4 Å². The molecule has 2 atom stereocenters. The first-order valence-corrected chi connectivity index (χ1v) is 12.2. The van der Waals surface area contributed by atoms with E-state index in [1.165, 1.54) is 11.8 Å². The van der Waals surface area contributed by atoms with Gasteiger partial charge in [-0.2, -0.15) is 10.1 Å². The van der Waals surface area contributed by atoms with Crippen molar-refractivity contribution in [2.45, 2.75) is 24.1 Å². The fourth-order valence-corrected chi connectivity index (χ4v) is 5.21. The summed E-state index contributed by atoms with van der Waals surface area (Å²) in [6, 6.07) is 27.2. The van der Waals surface area contributed by atoms with E-state index in [0.717, 1.165) is 16.8 Å². The minimum atomic E-state index is -0.605. The lowest BCUT2D eigenvalue weighted by molar-refractivity contribution is -0.121. The molecule has 5 rings (SSSR count). The second-order valence-corrected chi connectivity index (χ2v) is 9.35. The van der Waals surface area contributed by atoms with Crippen LogP contribution in [-0.4, -0.2) is 40.1 Å². The van der Waals surface area contributed by atoms with E-state index in [9.17, 15) is 9.59 Å². The van der Waals surface area contributed by atoms with Gasteiger partial charge in [-0.15, -0.1) is 0 Å². The smallest absolute Gasteiger partial charge is 0.262 e. The zero-order valence-electron chi connectivity index (χ0n) is 19.1. The number of nitrogens with zero attached hydrogens (tertiary/aromatic N) is 3. The number of hydrazone groups is 1. The highest BCUT2D eigenvalue weighted by Crippen LogP contribution is 2.38. The van der Waals surface area contributed by atoms with Crippen LogP contribution in [0.5, 0.6) is 5.75 Å². The summed E-state index contributed by atoms with van der Waals surface area (Å²) in [4.78, 5) is 29.8. The Morgan fingerprint density at radius 2 is 1.71 bits per heavy atom. The Labute approximate surface area is 207 Å². The number of carbonyl (C=O) groups excluding carboxylic acids is 2. The predicted molar refractivity (Wildman–Crippen MR) is 139 cm³/mol. The number of amidine groups is 1. The molecule has 8 heteroatoms. The van der Waals surface area contributed by atoms with Crippen LogP contribution in [0.25, 0.3) is 0 Å². The lowest BCUT2D eigenvalue weighted by Crippen LogP contribution is -2.25. The summed E-state index contributed by atoms with van der Waals surface area (Å²) >= 11 is 1.29. The van der Waals surface area contributed by atoms with Crippen LogP contribution < -0.4 is 10.1 Å². The van der Waals surface area contributed by atoms with Gasteiger partial charge in [0.25, 0.3) is 5.91 Å². The number of rotatable bonds is 6. The van der Waals surface area contributed by atoms with Crippen LogP contribution >= 0.6 is 11.8 Å². The molecule has 7 nitrogen and oxygen atoms in total. The summed E-state index contributed by atoms with van der Waals surface area (Å²) < 4.78 is 5.29. The maximum atomic E-state index is 12.8. The Balaban J connectivity index is 1.33. The molecule has 0 aromatic heterocycles. The molecule has 0 aliphatic carbocycles. The van der Waals surface area contributed by atoms with Gasteiger partial charge in [0.15, 0.2) is 5.17 Å². The number of aliphatic imine (C=N–C) groups is 1. The van der Waals surface area contributed by atoms with Gasteiger partial charge in [-0.3, -0.25) is 9.59 Å². The van der Waals surface area contributed by atoms with Crippen LogP contribution in [0.15, 0.2) is 95.0 Å². The van der Waals surface area contributed by atoms with E-state index in [1.54, 1.807) is 19.2 Å². The third-order valence-electron chi connectivity index (χ3n) is 5.88. The highest BCUT2D eigenvalue weighted by atomic mass is 32.2. The van der Waals surface area contributed by atoms with Crippen molar-refractivity contribution in [1.82, 2.24) is 5.01 Å². The van der Waals surface area contributed by atoms with Crippen LogP contribution in [0.4, 0.5) is 5.69 Å². The first-order valence-electron chi connectivity index (χ1n) is 11.3. The van der Waals surface area contributed by atoms with Gasteiger partial charge in [-0.1, -0.05) is 84.6 Å². The maximum Gasteiger partial charge on any atom is 0.262 e. The molecule has 0 bridgehead atoms. The van der Waals surface area contributed by atoms with E-state index in [-0.39, 0.29) is 24.3 Å². The number of hydrogen-bond donors (Lipinski definition) is 1. The van der Waals surface area contributed by atoms with Crippen LogP contribution in [0, 0.1) is 0 Å². The monoisotopic (exact) mass is 484 g/mol. The molecule has 3 aromatic carbocycles. The van der Waals surface area contributed by atoms with Crippen molar-refractivity contribution in [3.05, 3.63) is 96.1 Å². The van der Waals surface area contributed by atoms with Gasteiger partial charge in [0.2, 0.25) is 5.91 Å². The number of carbonyl (C=O) groups is 2. The molecule has 2 heterocycles. The molecular formula is C27H24N4O3S. The highest BCUT2D eigenvalue weighted by Gasteiger charge is 2.39. The number of para-hydroxylation sites is 2. The second kappa shape index (κ2) is 10.1. The largest absolute Gasteiger partial charge is 0.495 e. The van der Waals surface area contributed by atoms with E-state index in [0.29, 0.717) is 23.0 Å². The number of anilines is 1. The second-order valence-electron chi connectivity index (χ2n) is 8.18. The number of nitrogens with one attached hydrogen (secondary N) is 1. The number of ether oxygens (including phenoxy) is 1. The minimum absolute atomic E-state index is 0.00759. The molecule has 0 saturated carbocycles. The van der Waals surface area contributed by atoms with Gasteiger partial charge in [0.05, 0.1) is 24.6 Å². The average molecular weight is 485 g/mol. The molecule has 0 unspecified atom stereocenters. The normalized spacial score (nSPS) is 19.3. The molecule has 0 spiro atoms. The summed E-state index contributed by atoms with van der Waals surface area (Å²) in [6.07, 6.45) is 0.703. The summed E-state index contributed by atoms with van der Waals surface area (Å²) in [5.74, 6) is -0.0320. The molecule has 35 heavy (non-hydrogen) atoms. The molecule has 176 valence electrons. The molecule has 0 saturated heterocycles. The van der Waals surface area contributed by atoms with Crippen molar-refractivity contribution in [3.63, 3.8) is 0 Å². The van der Waals surface area contributed by atoms with Gasteiger partial charge in [0.1, 0.15) is 11.0 Å². The van der Waals surface area contributed by atoms with Crippen molar-refractivity contribution >= 4 is 40.1 Å². The van der Waals surface area contributed by atoms with Crippen LogP contribution in [0.3, 0.4) is 0 Å². The first kappa shape index (κ1) is 22.9. The van der Waals surface area contributed by atoms with E-state index in [1.807, 2.05) is 65.7 Å². The van der Waals surface area contributed by atoms with Crippen LogP contribution in [0.1, 0.15) is 30.0 Å². The predicted octanol–water partition coefficient (Wildman–Crippen LogP) is 4.87. The van der Waals surface area contributed by atoms with Gasteiger partial charge < -0.3 is 10.1 Å². The van der Waals surface area contributed by atoms with Gasteiger partial charge >= 0.3 is 0 Å². The Hall–Kier alpha value is -3.91. The lowest BCUT2D eigenvalue weighted by Gasteiger charge is -2.23. The van der Waals surface area contributed by atoms with Gasteiger partial charge in [0, 0.05) is 12.8 Å². The number of thioether (sulfide) groups is 1. The Morgan fingerprint density at radius 1 is 1.03 bits per heavy atom. The lowest BCUT2D eigenvalue weighted by atomic mass is 9.99. The summed E-state index contributed by atoms with van der Waals surface area (Å²) in [5, 5.41) is 9.45. The van der Waals surface area contributed by atoms with E-state index in [4.69, 9.17) is 9.84 Å². The Morgan fingerprint density at radius 3 is 2.46 bits per heavy atom. The molecule has 2 aliphatic heterocycles. The van der Waals surface area contributed by atoms with Crippen molar-refractivity contribution in [3.8, 4) is 5.75 Å². The molecule has 0 radical (unpaired) electrons. The summed E-state index contributed by atoms with van der Waals surface area (Å²) in [6.45, 7) is 0. The van der Waals surface area contributed by atoms with Crippen molar-refractivity contribution in [2.75, 3.05) is 12.4 Å². The zero-order valence-corrected chi connectivity index (χ0v) is 19.9. The third kappa shape index (κ3) is 4.97. The summed E-state index contributed by atoms with van der Waals surface area (Å²) in [7, 11) is 1.55. The molecule has 3 aromatic rings. The minimum Gasteiger partial charge on any atom is -0.495 e. The SMILES string of the molecule is COc1ccccc1NC(=O)C[C@@H]1SC(N2N=C(c3ccccc3)C[C@H]2c2ccccc2)=NC1=O. The summed E-state index contributed by atoms with van der Waals surface area (Å²) in [5.41, 5.74) is 3.64. The Kier molecular flexibility index (Phi) is 6.63. The molecule has 2 aliphatic rings. The molecule has 1 N–H and O–H groups in total. The number of amides is 2. The molecule has 2 amide bonds. The number of methoxy groups -OCH3 is 1. The Bertz CT molecular complexity index is 1290. The number of benzene rings is 3. The molecular weight excluding hydrogens is 460 g/mol. The van der Waals surface area contributed by atoms with Crippen molar-refractivity contribution < 1.29 is 14.3 Å². The van der Waals surface area contributed by atoms with Crippen LogP contribution in [-0.2, 0) is 9.59 Å². The standard InChI is InChI=1S/C27H24N4O3S/c1-34-23-15-9-8-14-20(23)28-25(32)17-24-26(33)29-27(35-24)31-22(19-12-6-3-7-13-19)16-21(30-31)18-10-4-2-5-11-18/h2-15,22,24H,16-17H2,1H3,(H,28,32)/t22-,24-/m0/s1. The van der Waals surface area contributed by atoms with Crippen LogP contribution in [0.2, 0.25) is 0 Å². The van der Waals surface area contributed by atoms with E-state index < -0.39 is 5.25 Å². The third-order valence-corrected chi connectivity index (χ3v) is 7.02. The fraction of sp³-hybridized carbons (Fsp3) is 0.185. The number of hydrogen-bond acceptors (Lipinski definition) is 6. The quantitative estimate of drug-likeness (QED) is 0.540. The highest BCUT2D eigenvalue weighted by molar-refractivity contribution is 8.15. The van der Waals surface area contributed by atoms with Gasteiger partial charge in [-0.05, 0) is 23.3 Å². The zero-order chi connectivity index (χ0) is 24.2. The first-order chi connectivity index (χ1) is 17.1.